The Hall–Kier alpha value is -1.19. The lowest BCUT2D eigenvalue weighted by molar-refractivity contribution is 0.489. The zero-order valence-electron chi connectivity index (χ0n) is 8.93. The minimum Gasteiger partial charge on any atom is -0.407 e. The summed E-state index contributed by atoms with van der Waals surface area (Å²) in [5.74, 6) is 0.397. The lowest BCUT2D eigenvalue weighted by atomic mass is 10.5. The molecule has 0 atom stereocenters. The van der Waals surface area contributed by atoms with Gasteiger partial charge in [0.25, 0.3) is 0 Å². The summed E-state index contributed by atoms with van der Waals surface area (Å²) < 4.78 is 26.4. The van der Waals surface area contributed by atoms with E-state index in [4.69, 9.17) is 9.56 Å². The number of nitrogens with two attached hydrogens (primary N) is 1. The Labute approximate surface area is 93.7 Å². The van der Waals surface area contributed by atoms with Crippen LogP contribution in [-0.2, 0) is 16.6 Å². The maximum Gasteiger partial charge on any atom is 0.315 e. The van der Waals surface area contributed by atoms with E-state index in [0.29, 0.717) is 25.4 Å². The van der Waals surface area contributed by atoms with E-state index in [1.165, 1.54) is 0 Å². The molecule has 0 aliphatic heterocycles. The van der Waals surface area contributed by atoms with Crippen LogP contribution < -0.4 is 15.8 Å². The molecule has 92 valence electrons. The molecule has 0 spiro atoms. The van der Waals surface area contributed by atoms with E-state index in [-0.39, 0.29) is 11.8 Å². The Morgan fingerprint density at radius 1 is 1.44 bits per heavy atom. The van der Waals surface area contributed by atoms with Crippen LogP contribution in [-0.4, -0.2) is 38.0 Å². The summed E-state index contributed by atoms with van der Waals surface area (Å²) in [6.07, 6.45) is 0.391. The van der Waals surface area contributed by atoms with Gasteiger partial charge in [-0.05, 0) is 13.5 Å². The smallest absolute Gasteiger partial charge is 0.315 e. The quantitative estimate of drug-likeness (QED) is 0.523. The molecular weight excluding hydrogens is 234 g/mol. The van der Waals surface area contributed by atoms with Crippen molar-refractivity contribution >= 4 is 16.0 Å². The van der Waals surface area contributed by atoms with Gasteiger partial charge in [0.05, 0.1) is 12.3 Å². The van der Waals surface area contributed by atoms with Gasteiger partial charge in [0, 0.05) is 6.54 Å². The van der Waals surface area contributed by atoms with Crippen LogP contribution in [0.1, 0.15) is 12.3 Å². The standard InChI is InChI=1S/C7H15N5O3S/c1-9-5-6-11-12-7(15-6)10-3-2-4-16(8,13)14/h9H,2-5H2,1H3,(H,10,12)(H2,8,13,14). The van der Waals surface area contributed by atoms with E-state index in [1.807, 2.05) is 0 Å². The average molecular weight is 249 g/mol. The van der Waals surface area contributed by atoms with Crippen LogP contribution >= 0.6 is 0 Å². The predicted octanol–water partition coefficient (Wildman–Crippen LogP) is -1.12. The first-order chi connectivity index (χ1) is 7.51. The Balaban J connectivity index is 2.26. The highest BCUT2D eigenvalue weighted by Gasteiger charge is 2.05. The largest absolute Gasteiger partial charge is 0.407 e. The fourth-order valence-electron chi connectivity index (χ4n) is 1.02. The molecule has 0 aromatic carbocycles. The molecule has 0 radical (unpaired) electrons. The number of nitrogens with one attached hydrogen (secondary N) is 2. The first-order valence-corrected chi connectivity index (χ1v) is 6.44. The fraction of sp³-hybridized carbons (Fsp3) is 0.714. The molecule has 8 nitrogen and oxygen atoms in total. The van der Waals surface area contributed by atoms with Crippen molar-refractivity contribution in [1.82, 2.24) is 15.5 Å². The number of primary sulfonamides is 1. The maximum atomic E-state index is 10.6. The molecule has 0 fully saturated rings. The molecule has 9 heteroatoms. The zero-order valence-corrected chi connectivity index (χ0v) is 9.75. The second kappa shape index (κ2) is 5.77. The topological polar surface area (TPSA) is 123 Å². The van der Waals surface area contributed by atoms with E-state index >= 15 is 0 Å². The second-order valence-corrected chi connectivity index (χ2v) is 4.91. The summed E-state index contributed by atoms with van der Waals surface area (Å²) in [6, 6.07) is 0.277. The van der Waals surface area contributed by atoms with Gasteiger partial charge in [-0.1, -0.05) is 5.10 Å². The van der Waals surface area contributed by atoms with Crippen LogP contribution in [0.25, 0.3) is 0 Å². The SMILES string of the molecule is CNCc1nnc(NCCCS(N)(=O)=O)o1. The van der Waals surface area contributed by atoms with Gasteiger partial charge >= 0.3 is 6.01 Å². The molecular formula is C7H15N5O3S. The maximum absolute atomic E-state index is 10.6. The molecule has 0 amide bonds. The summed E-state index contributed by atoms with van der Waals surface area (Å²) >= 11 is 0. The average Bonchev–Trinajstić information content (AvgIpc) is 2.60. The van der Waals surface area contributed by atoms with E-state index < -0.39 is 10.0 Å². The van der Waals surface area contributed by atoms with Gasteiger partial charge in [-0.25, -0.2) is 13.6 Å². The van der Waals surface area contributed by atoms with Crippen molar-refractivity contribution in [2.24, 2.45) is 5.14 Å². The first kappa shape index (κ1) is 12.9. The van der Waals surface area contributed by atoms with Gasteiger partial charge in [-0.3, -0.25) is 0 Å². The van der Waals surface area contributed by atoms with Crippen LogP contribution in [0.5, 0.6) is 0 Å². The molecule has 4 N–H and O–H groups in total. The highest BCUT2D eigenvalue weighted by Crippen LogP contribution is 2.04. The van der Waals surface area contributed by atoms with Crippen LogP contribution in [0.4, 0.5) is 6.01 Å². The van der Waals surface area contributed by atoms with E-state index in [2.05, 4.69) is 20.8 Å². The second-order valence-electron chi connectivity index (χ2n) is 3.18. The summed E-state index contributed by atoms with van der Waals surface area (Å²) in [5.41, 5.74) is 0. The molecule has 0 unspecified atom stereocenters. The van der Waals surface area contributed by atoms with Gasteiger partial charge < -0.3 is 15.1 Å². The van der Waals surface area contributed by atoms with Gasteiger partial charge in [0.2, 0.25) is 15.9 Å². The van der Waals surface area contributed by atoms with Crippen molar-refractivity contribution < 1.29 is 12.8 Å². The third-order valence-corrected chi connectivity index (χ3v) is 2.53. The minimum absolute atomic E-state index is 0.0719. The van der Waals surface area contributed by atoms with Gasteiger partial charge in [0.15, 0.2) is 0 Å². The number of hydrogen-bond acceptors (Lipinski definition) is 7. The highest BCUT2D eigenvalue weighted by atomic mass is 32.2. The molecule has 0 saturated carbocycles. The molecule has 1 heterocycles. The molecule has 1 aromatic rings. The monoisotopic (exact) mass is 249 g/mol. The minimum atomic E-state index is -3.40. The Morgan fingerprint density at radius 2 is 2.19 bits per heavy atom. The Bertz CT molecular complexity index is 415. The zero-order chi connectivity index (χ0) is 12.0. The van der Waals surface area contributed by atoms with E-state index in [1.54, 1.807) is 7.05 Å². The van der Waals surface area contributed by atoms with Gasteiger partial charge in [-0.15, -0.1) is 5.10 Å². The number of hydrogen-bond donors (Lipinski definition) is 3. The third kappa shape index (κ3) is 5.05. The number of aromatic nitrogens is 2. The van der Waals surface area contributed by atoms with Crippen LogP contribution in [0, 0.1) is 0 Å². The lowest BCUT2D eigenvalue weighted by Crippen LogP contribution is -2.18. The summed E-state index contributed by atoms with van der Waals surface area (Å²) in [5, 5.41) is 18.0. The van der Waals surface area contributed by atoms with E-state index in [9.17, 15) is 8.42 Å². The molecule has 0 aliphatic carbocycles. The molecule has 16 heavy (non-hydrogen) atoms. The van der Waals surface area contributed by atoms with Crippen molar-refractivity contribution in [1.29, 1.82) is 0 Å². The number of anilines is 1. The molecule has 0 bridgehead atoms. The first-order valence-electron chi connectivity index (χ1n) is 4.72. The number of nitrogens with zero attached hydrogens (tertiary/aromatic N) is 2. The Morgan fingerprint density at radius 3 is 2.81 bits per heavy atom. The lowest BCUT2D eigenvalue weighted by Gasteiger charge is -1.99. The normalized spacial score (nSPS) is 11.6. The van der Waals surface area contributed by atoms with Crippen molar-refractivity contribution in [3.05, 3.63) is 5.89 Å². The predicted molar refractivity (Wildman–Crippen MR) is 58.1 cm³/mol. The van der Waals surface area contributed by atoms with Gasteiger partial charge in [0.1, 0.15) is 0 Å². The molecule has 0 aliphatic rings. The van der Waals surface area contributed by atoms with Crippen molar-refractivity contribution in [2.45, 2.75) is 13.0 Å². The van der Waals surface area contributed by atoms with Crippen LogP contribution in [0.15, 0.2) is 4.42 Å². The van der Waals surface area contributed by atoms with E-state index in [0.717, 1.165) is 0 Å². The third-order valence-electron chi connectivity index (χ3n) is 1.68. The molecule has 1 rings (SSSR count). The highest BCUT2D eigenvalue weighted by molar-refractivity contribution is 7.89. The molecule has 0 saturated heterocycles. The summed E-state index contributed by atoms with van der Waals surface area (Å²) in [7, 11) is -1.63. The number of rotatable bonds is 7. The number of sulfonamides is 1. The van der Waals surface area contributed by atoms with Crippen LogP contribution in [0.3, 0.4) is 0 Å². The van der Waals surface area contributed by atoms with Crippen molar-refractivity contribution in [2.75, 3.05) is 24.7 Å². The molecule has 1 aromatic heterocycles. The van der Waals surface area contributed by atoms with Crippen molar-refractivity contribution in [3.63, 3.8) is 0 Å². The van der Waals surface area contributed by atoms with Crippen molar-refractivity contribution in [3.8, 4) is 0 Å². The summed E-state index contributed by atoms with van der Waals surface area (Å²) in [6.45, 7) is 0.906. The summed E-state index contributed by atoms with van der Waals surface area (Å²) in [4.78, 5) is 0. The fourth-order valence-corrected chi connectivity index (χ4v) is 1.56. The van der Waals surface area contributed by atoms with Crippen LogP contribution in [0.2, 0.25) is 0 Å². The van der Waals surface area contributed by atoms with Gasteiger partial charge in [-0.2, -0.15) is 0 Å². The Kier molecular flexibility index (Phi) is 4.65.